The van der Waals surface area contributed by atoms with E-state index in [0.717, 1.165) is 5.56 Å². The number of amides is 2. The van der Waals surface area contributed by atoms with E-state index in [1.165, 1.54) is 11.8 Å². The second kappa shape index (κ2) is 9.96. The van der Waals surface area contributed by atoms with Crippen LogP contribution in [-0.4, -0.2) is 50.3 Å². The van der Waals surface area contributed by atoms with E-state index >= 15 is 0 Å². The van der Waals surface area contributed by atoms with Crippen LogP contribution in [0.1, 0.15) is 32.4 Å². The molecule has 0 aliphatic carbocycles. The summed E-state index contributed by atoms with van der Waals surface area (Å²) < 4.78 is 1.90. The van der Waals surface area contributed by atoms with Gasteiger partial charge < -0.3 is 14.8 Å². The van der Waals surface area contributed by atoms with Crippen LogP contribution in [0.25, 0.3) is 0 Å². The molecule has 8 heteroatoms. The maximum absolute atomic E-state index is 12.3. The summed E-state index contributed by atoms with van der Waals surface area (Å²) in [6.45, 7) is 7.11. The van der Waals surface area contributed by atoms with Gasteiger partial charge in [-0.3, -0.25) is 9.59 Å². The molecule has 1 aromatic heterocycles. The molecule has 7 nitrogen and oxygen atoms in total. The summed E-state index contributed by atoms with van der Waals surface area (Å²) in [4.78, 5) is 26.1. The Kier molecular flexibility index (Phi) is 7.65. The maximum atomic E-state index is 12.3. The van der Waals surface area contributed by atoms with Crippen molar-refractivity contribution in [2.75, 3.05) is 18.8 Å². The van der Waals surface area contributed by atoms with E-state index in [-0.39, 0.29) is 30.2 Å². The van der Waals surface area contributed by atoms with Crippen molar-refractivity contribution in [2.24, 2.45) is 0 Å². The van der Waals surface area contributed by atoms with Crippen molar-refractivity contribution in [3.63, 3.8) is 0 Å². The summed E-state index contributed by atoms with van der Waals surface area (Å²) in [6, 6.07) is 10.0. The number of nitrogens with one attached hydrogen (secondary N) is 1. The molecule has 2 aromatic rings. The Bertz CT molecular complexity index is 717. The Morgan fingerprint density at radius 2 is 2.00 bits per heavy atom. The molecule has 0 radical (unpaired) electrons. The quantitative estimate of drug-likeness (QED) is 0.679. The van der Waals surface area contributed by atoms with Crippen molar-refractivity contribution in [3.05, 3.63) is 42.2 Å². The minimum absolute atomic E-state index is 0.00304. The number of carbonyl (C=O) groups excluding carboxylic acids is 2. The second-order valence-corrected chi connectivity index (χ2v) is 7.02. The van der Waals surface area contributed by atoms with Gasteiger partial charge in [-0.25, -0.2) is 0 Å². The standard InChI is InChI=1S/C18H25N5O2S/c1-4-22(11-15-8-6-5-7-9-15)17(25)10-19-16(24)12-26-18-21-20-13-23(18)14(2)3/h5-9,13-14H,4,10-12H2,1-3H3,(H,19,24). The molecule has 1 aromatic carbocycles. The molecule has 1 heterocycles. The average molecular weight is 375 g/mol. The topological polar surface area (TPSA) is 80.1 Å². The van der Waals surface area contributed by atoms with Gasteiger partial charge in [0.05, 0.1) is 12.3 Å². The van der Waals surface area contributed by atoms with Gasteiger partial charge in [-0.05, 0) is 26.3 Å². The van der Waals surface area contributed by atoms with Crippen LogP contribution in [0.5, 0.6) is 0 Å². The van der Waals surface area contributed by atoms with Crippen LogP contribution in [-0.2, 0) is 16.1 Å². The summed E-state index contributed by atoms with van der Waals surface area (Å²) in [5.74, 6) is -0.0961. The van der Waals surface area contributed by atoms with Crippen LogP contribution in [0, 0.1) is 0 Å². The summed E-state index contributed by atoms with van der Waals surface area (Å²) in [6.07, 6.45) is 1.65. The monoisotopic (exact) mass is 375 g/mol. The molecule has 0 bridgehead atoms. The Labute approximate surface area is 158 Å². The molecule has 0 saturated heterocycles. The zero-order chi connectivity index (χ0) is 18.9. The van der Waals surface area contributed by atoms with E-state index in [1.807, 2.05) is 55.7 Å². The second-order valence-electron chi connectivity index (χ2n) is 6.07. The molecule has 0 aliphatic heterocycles. The van der Waals surface area contributed by atoms with Crippen molar-refractivity contribution >= 4 is 23.6 Å². The first-order valence-electron chi connectivity index (χ1n) is 8.62. The van der Waals surface area contributed by atoms with Crippen LogP contribution in [0.15, 0.2) is 41.8 Å². The van der Waals surface area contributed by atoms with Crippen LogP contribution in [0.4, 0.5) is 0 Å². The van der Waals surface area contributed by atoms with Crippen LogP contribution >= 0.6 is 11.8 Å². The molecule has 0 atom stereocenters. The molecule has 0 spiro atoms. The summed E-state index contributed by atoms with van der Waals surface area (Å²) in [5, 5.41) is 11.3. The normalized spacial score (nSPS) is 10.8. The van der Waals surface area contributed by atoms with E-state index in [4.69, 9.17) is 0 Å². The highest BCUT2D eigenvalue weighted by molar-refractivity contribution is 7.99. The third-order valence-corrected chi connectivity index (χ3v) is 4.77. The summed E-state index contributed by atoms with van der Waals surface area (Å²) in [5.41, 5.74) is 1.07. The number of rotatable bonds is 9. The fourth-order valence-corrected chi connectivity index (χ4v) is 3.21. The van der Waals surface area contributed by atoms with Crippen molar-refractivity contribution in [1.29, 1.82) is 0 Å². The average Bonchev–Trinajstić information content (AvgIpc) is 3.12. The maximum Gasteiger partial charge on any atom is 0.242 e. The molecule has 0 saturated carbocycles. The molecule has 2 amide bonds. The molecule has 140 valence electrons. The summed E-state index contributed by atoms with van der Waals surface area (Å²) in [7, 11) is 0. The van der Waals surface area contributed by atoms with Crippen molar-refractivity contribution < 1.29 is 9.59 Å². The molecule has 1 N–H and O–H groups in total. The number of benzene rings is 1. The Balaban J connectivity index is 1.78. The van der Waals surface area contributed by atoms with E-state index in [0.29, 0.717) is 18.2 Å². The minimum atomic E-state index is -0.197. The first kappa shape index (κ1) is 20.0. The van der Waals surface area contributed by atoms with Gasteiger partial charge in [-0.2, -0.15) is 0 Å². The highest BCUT2D eigenvalue weighted by Gasteiger charge is 2.15. The van der Waals surface area contributed by atoms with Gasteiger partial charge in [0, 0.05) is 19.1 Å². The largest absolute Gasteiger partial charge is 0.346 e. The fourth-order valence-electron chi connectivity index (χ4n) is 2.34. The number of hydrogen-bond acceptors (Lipinski definition) is 5. The molecular formula is C18H25N5O2S. The zero-order valence-corrected chi connectivity index (χ0v) is 16.2. The molecule has 0 unspecified atom stereocenters. The highest BCUT2D eigenvalue weighted by atomic mass is 32.2. The lowest BCUT2D eigenvalue weighted by Gasteiger charge is -2.21. The molecular weight excluding hydrogens is 350 g/mol. The number of thioether (sulfide) groups is 1. The zero-order valence-electron chi connectivity index (χ0n) is 15.4. The smallest absolute Gasteiger partial charge is 0.242 e. The van der Waals surface area contributed by atoms with Crippen molar-refractivity contribution in [1.82, 2.24) is 25.0 Å². The van der Waals surface area contributed by atoms with Gasteiger partial charge in [0.25, 0.3) is 0 Å². The summed E-state index contributed by atoms with van der Waals surface area (Å²) >= 11 is 1.31. The van der Waals surface area contributed by atoms with Gasteiger partial charge in [0.2, 0.25) is 11.8 Å². The predicted molar refractivity (Wildman–Crippen MR) is 102 cm³/mol. The lowest BCUT2D eigenvalue weighted by molar-refractivity contribution is -0.132. The lowest BCUT2D eigenvalue weighted by Crippen LogP contribution is -2.40. The van der Waals surface area contributed by atoms with Crippen LogP contribution < -0.4 is 5.32 Å². The SMILES string of the molecule is CCN(Cc1ccccc1)C(=O)CNC(=O)CSc1nncn1C(C)C. The van der Waals surface area contributed by atoms with E-state index in [1.54, 1.807) is 11.2 Å². The van der Waals surface area contributed by atoms with Gasteiger partial charge in [-0.15, -0.1) is 10.2 Å². The molecule has 0 aliphatic rings. The molecule has 0 fully saturated rings. The Morgan fingerprint density at radius 3 is 2.65 bits per heavy atom. The number of nitrogens with zero attached hydrogens (tertiary/aromatic N) is 4. The van der Waals surface area contributed by atoms with Gasteiger partial charge >= 0.3 is 0 Å². The van der Waals surface area contributed by atoms with Gasteiger partial charge in [0.1, 0.15) is 6.33 Å². The Morgan fingerprint density at radius 1 is 1.27 bits per heavy atom. The third kappa shape index (κ3) is 5.87. The molecule has 2 rings (SSSR count). The number of hydrogen-bond donors (Lipinski definition) is 1. The number of aromatic nitrogens is 3. The first-order chi connectivity index (χ1) is 12.5. The van der Waals surface area contributed by atoms with E-state index in [2.05, 4.69) is 15.5 Å². The number of likely N-dealkylation sites (N-methyl/N-ethyl adjacent to an activating group) is 1. The van der Waals surface area contributed by atoms with Gasteiger partial charge in [-0.1, -0.05) is 42.1 Å². The molecule has 26 heavy (non-hydrogen) atoms. The van der Waals surface area contributed by atoms with Gasteiger partial charge in [0.15, 0.2) is 5.16 Å². The predicted octanol–water partition coefficient (Wildman–Crippen LogP) is 2.12. The fraction of sp³-hybridized carbons (Fsp3) is 0.444. The lowest BCUT2D eigenvalue weighted by atomic mass is 10.2. The number of carbonyl (C=O) groups is 2. The Hall–Kier alpha value is -2.35. The van der Waals surface area contributed by atoms with Crippen molar-refractivity contribution in [3.8, 4) is 0 Å². The third-order valence-electron chi connectivity index (χ3n) is 3.82. The van der Waals surface area contributed by atoms with E-state index < -0.39 is 0 Å². The van der Waals surface area contributed by atoms with Crippen LogP contribution in [0.3, 0.4) is 0 Å². The highest BCUT2D eigenvalue weighted by Crippen LogP contribution is 2.18. The first-order valence-corrected chi connectivity index (χ1v) is 9.60. The van der Waals surface area contributed by atoms with Crippen LogP contribution in [0.2, 0.25) is 0 Å². The van der Waals surface area contributed by atoms with Crippen molar-refractivity contribution in [2.45, 2.75) is 38.5 Å². The minimum Gasteiger partial charge on any atom is -0.346 e. The van der Waals surface area contributed by atoms with E-state index in [9.17, 15) is 9.59 Å².